The first-order chi connectivity index (χ1) is 5.11. The summed E-state index contributed by atoms with van der Waals surface area (Å²) in [5.74, 6) is -1.28. The van der Waals surface area contributed by atoms with Gasteiger partial charge in [-0.05, 0) is 13.0 Å². The van der Waals surface area contributed by atoms with Gasteiger partial charge in [0.2, 0.25) is 5.56 Å². The van der Waals surface area contributed by atoms with Crippen molar-refractivity contribution < 1.29 is 28.8 Å². The van der Waals surface area contributed by atoms with Gasteiger partial charge in [-0.3, -0.25) is 4.79 Å². The maximum absolute atomic E-state index is 10.6. The van der Waals surface area contributed by atoms with E-state index in [4.69, 9.17) is 0 Å². The number of rotatable bonds is 1. The monoisotopic (exact) mass is 159 g/mol. The maximum atomic E-state index is 10.6. The zero-order chi connectivity index (χ0) is 8.43. The van der Waals surface area contributed by atoms with Gasteiger partial charge in [0.15, 0.2) is 0 Å². The van der Waals surface area contributed by atoms with Crippen LogP contribution in [0.1, 0.15) is 16.1 Å². The Morgan fingerprint density at radius 2 is 2.08 bits per heavy atom. The van der Waals surface area contributed by atoms with Crippen molar-refractivity contribution in [3.63, 3.8) is 0 Å². The summed E-state index contributed by atoms with van der Waals surface area (Å²) in [5, 5.41) is 10.3. The van der Waals surface area contributed by atoms with Gasteiger partial charge < -0.3 is 14.9 Å². The molecule has 5 heteroatoms. The quantitative estimate of drug-likeness (QED) is 0.425. The van der Waals surface area contributed by atoms with Gasteiger partial charge in [-0.25, -0.2) is 0 Å². The third-order valence-electron chi connectivity index (χ3n) is 1.34. The zero-order valence-corrected chi connectivity index (χ0v) is 6.88. The van der Waals surface area contributed by atoms with Crippen LogP contribution in [0.4, 0.5) is 0 Å². The number of aromatic amines is 1. The van der Waals surface area contributed by atoms with E-state index in [1.807, 2.05) is 0 Å². The molecular formula is C7H6LiNO3. The van der Waals surface area contributed by atoms with E-state index < -0.39 is 5.97 Å². The molecule has 0 aliphatic heterocycles. The minimum Gasteiger partial charge on any atom is -0.545 e. The summed E-state index contributed by atoms with van der Waals surface area (Å²) >= 11 is 0. The van der Waals surface area contributed by atoms with Gasteiger partial charge in [0.1, 0.15) is 0 Å². The van der Waals surface area contributed by atoms with E-state index in [0.29, 0.717) is 5.69 Å². The SMILES string of the molecule is Cc1[nH]c(=O)ccc1C(=O)[O-].[Li+]. The number of hydrogen-bond acceptors (Lipinski definition) is 3. The molecule has 0 radical (unpaired) electrons. The number of aromatic carboxylic acids is 1. The smallest absolute Gasteiger partial charge is 0.545 e. The molecule has 1 rings (SSSR count). The second kappa shape index (κ2) is 4.15. The van der Waals surface area contributed by atoms with Gasteiger partial charge in [-0.15, -0.1) is 0 Å². The standard InChI is InChI=1S/C7H7NO3.Li/c1-4-5(7(10)11)2-3-6(9)8-4;/h2-3H,1H3,(H,8,9)(H,10,11);/q;+1/p-1. The average Bonchev–Trinajstić information content (AvgIpc) is 1.85. The molecule has 1 aromatic heterocycles. The minimum atomic E-state index is -1.28. The Morgan fingerprint density at radius 3 is 2.50 bits per heavy atom. The molecule has 0 atom stereocenters. The van der Waals surface area contributed by atoms with Crippen molar-refractivity contribution in [2.24, 2.45) is 0 Å². The fourth-order valence-corrected chi connectivity index (χ4v) is 0.799. The molecule has 0 saturated carbocycles. The summed E-state index contributed by atoms with van der Waals surface area (Å²) in [6, 6.07) is 2.38. The van der Waals surface area contributed by atoms with Gasteiger partial charge in [0.05, 0.1) is 5.97 Å². The second-order valence-corrected chi connectivity index (χ2v) is 2.15. The fourth-order valence-electron chi connectivity index (χ4n) is 0.799. The molecule has 1 heterocycles. The van der Waals surface area contributed by atoms with Gasteiger partial charge in [-0.1, -0.05) is 0 Å². The van der Waals surface area contributed by atoms with Crippen LogP contribution in [0.25, 0.3) is 0 Å². The van der Waals surface area contributed by atoms with Gasteiger partial charge >= 0.3 is 18.9 Å². The van der Waals surface area contributed by atoms with E-state index in [9.17, 15) is 14.7 Å². The number of carbonyl (C=O) groups excluding carboxylic acids is 1. The van der Waals surface area contributed by atoms with Crippen molar-refractivity contribution in [2.45, 2.75) is 6.92 Å². The first-order valence-electron chi connectivity index (χ1n) is 3.02. The van der Waals surface area contributed by atoms with Crippen LogP contribution in [0.2, 0.25) is 0 Å². The summed E-state index contributed by atoms with van der Waals surface area (Å²) < 4.78 is 0. The number of nitrogens with one attached hydrogen (secondary N) is 1. The van der Waals surface area contributed by atoms with Crippen molar-refractivity contribution in [1.82, 2.24) is 4.98 Å². The van der Waals surface area contributed by atoms with Gasteiger partial charge in [-0.2, -0.15) is 0 Å². The molecule has 0 aliphatic rings. The first-order valence-corrected chi connectivity index (χ1v) is 3.02. The molecule has 0 bridgehead atoms. The number of aryl methyl sites for hydroxylation is 1. The van der Waals surface area contributed by atoms with Crippen molar-refractivity contribution in [3.8, 4) is 0 Å². The Labute approximate surface area is 80.8 Å². The summed E-state index contributed by atoms with van der Waals surface area (Å²) in [6.07, 6.45) is 0. The number of carboxylic acids is 1. The van der Waals surface area contributed by atoms with Crippen LogP contribution in [0.15, 0.2) is 16.9 Å². The van der Waals surface area contributed by atoms with Crippen molar-refractivity contribution in [1.29, 1.82) is 0 Å². The fraction of sp³-hybridized carbons (Fsp3) is 0.143. The zero-order valence-electron chi connectivity index (χ0n) is 6.88. The van der Waals surface area contributed by atoms with E-state index in [0.717, 1.165) is 6.07 Å². The summed E-state index contributed by atoms with van der Waals surface area (Å²) in [4.78, 5) is 23.2. The predicted octanol–water partition coefficient (Wildman–Crippen LogP) is -3.95. The first kappa shape index (κ1) is 11.0. The number of pyridine rings is 1. The molecule has 0 saturated heterocycles. The summed E-state index contributed by atoms with van der Waals surface area (Å²) in [7, 11) is 0. The minimum absolute atomic E-state index is 0. The third kappa shape index (κ3) is 2.26. The molecule has 0 spiro atoms. The topological polar surface area (TPSA) is 73.0 Å². The predicted molar refractivity (Wildman–Crippen MR) is 36.1 cm³/mol. The van der Waals surface area contributed by atoms with Crippen molar-refractivity contribution in [3.05, 3.63) is 33.7 Å². The van der Waals surface area contributed by atoms with Gasteiger partial charge in [0.25, 0.3) is 0 Å². The van der Waals surface area contributed by atoms with Crippen molar-refractivity contribution in [2.75, 3.05) is 0 Å². The molecule has 1 aromatic rings. The maximum Gasteiger partial charge on any atom is 1.00 e. The average molecular weight is 159 g/mol. The number of H-pyrrole nitrogens is 1. The Bertz CT molecular complexity index is 345. The van der Waals surface area contributed by atoms with E-state index >= 15 is 0 Å². The van der Waals surface area contributed by atoms with Crippen LogP contribution in [0, 0.1) is 6.92 Å². The third-order valence-corrected chi connectivity index (χ3v) is 1.34. The normalized spacial score (nSPS) is 8.75. The number of carbonyl (C=O) groups is 1. The van der Waals surface area contributed by atoms with Crippen LogP contribution in [-0.2, 0) is 0 Å². The van der Waals surface area contributed by atoms with E-state index in [-0.39, 0.29) is 30.0 Å². The molecule has 0 aliphatic carbocycles. The Kier molecular flexibility index (Phi) is 3.81. The van der Waals surface area contributed by atoms with Crippen LogP contribution in [0.5, 0.6) is 0 Å². The number of aromatic nitrogens is 1. The second-order valence-electron chi connectivity index (χ2n) is 2.15. The Morgan fingerprint density at radius 1 is 1.50 bits per heavy atom. The molecule has 0 amide bonds. The summed E-state index contributed by atoms with van der Waals surface area (Å²) in [5.41, 5.74) is 0.0228. The molecule has 12 heavy (non-hydrogen) atoms. The molecule has 0 fully saturated rings. The van der Waals surface area contributed by atoms with E-state index in [1.54, 1.807) is 0 Å². The van der Waals surface area contributed by atoms with Gasteiger partial charge in [0, 0.05) is 17.3 Å². The molecular weight excluding hydrogens is 153 g/mol. The van der Waals surface area contributed by atoms with Crippen LogP contribution < -0.4 is 29.5 Å². The number of carboxylic acid groups (broad SMARTS) is 1. The number of hydrogen-bond donors (Lipinski definition) is 1. The molecule has 4 nitrogen and oxygen atoms in total. The van der Waals surface area contributed by atoms with E-state index in [2.05, 4.69) is 4.98 Å². The van der Waals surface area contributed by atoms with Crippen LogP contribution in [-0.4, -0.2) is 11.0 Å². The molecule has 1 N–H and O–H groups in total. The molecule has 0 unspecified atom stereocenters. The Hall–Kier alpha value is -0.983. The molecule has 0 aromatic carbocycles. The Balaban J connectivity index is 0.00000121. The largest absolute Gasteiger partial charge is 1.00 e. The van der Waals surface area contributed by atoms with E-state index in [1.165, 1.54) is 13.0 Å². The molecule has 58 valence electrons. The summed E-state index contributed by atoms with van der Waals surface area (Å²) in [6.45, 7) is 1.51. The van der Waals surface area contributed by atoms with Crippen LogP contribution in [0.3, 0.4) is 0 Å². The van der Waals surface area contributed by atoms with Crippen LogP contribution >= 0.6 is 0 Å². The van der Waals surface area contributed by atoms with Crippen molar-refractivity contribution >= 4 is 5.97 Å².